The summed E-state index contributed by atoms with van der Waals surface area (Å²) in [4.78, 5) is 27.5. The summed E-state index contributed by atoms with van der Waals surface area (Å²) in [5.41, 5.74) is 1.90. The zero-order valence-electron chi connectivity index (χ0n) is 19.3. The molecule has 1 aliphatic rings. The number of nitrogens with zero attached hydrogens (tertiary/aromatic N) is 1. The molecule has 4 nitrogen and oxygen atoms in total. The van der Waals surface area contributed by atoms with Crippen LogP contribution in [-0.2, 0) is 4.79 Å². The third kappa shape index (κ3) is 4.89. The molecular formula is C30H23F2NO3. The topological polar surface area (TPSA) is 46.6 Å². The predicted molar refractivity (Wildman–Crippen MR) is 133 cm³/mol. The number of anilines is 1. The Morgan fingerprint density at radius 3 is 1.97 bits per heavy atom. The molecule has 2 atom stereocenters. The number of hydrogen-bond donors (Lipinski definition) is 0. The van der Waals surface area contributed by atoms with Crippen molar-refractivity contribution in [3.8, 4) is 11.5 Å². The molecule has 1 fully saturated rings. The van der Waals surface area contributed by atoms with Crippen LogP contribution in [0.4, 0.5) is 14.5 Å². The molecule has 1 aliphatic heterocycles. The number of amides is 1. The van der Waals surface area contributed by atoms with Crippen LogP contribution in [0.3, 0.4) is 0 Å². The molecular weight excluding hydrogens is 460 g/mol. The van der Waals surface area contributed by atoms with E-state index in [1.807, 2.05) is 54.6 Å². The number of halogens is 2. The summed E-state index contributed by atoms with van der Waals surface area (Å²) in [6.07, 6.45) is 0.505. The lowest BCUT2D eigenvalue weighted by atomic mass is 9.78. The summed E-state index contributed by atoms with van der Waals surface area (Å²) in [5.74, 6) is -0.0967. The first-order valence-corrected chi connectivity index (χ1v) is 11.7. The van der Waals surface area contributed by atoms with Crippen molar-refractivity contribution in [2.45, 2.75) is 18.9 Å². The second-order valence-electron chi connectivity index (χ2n) is 8.69. The number of ketones is 1. The highest BCUT2D eigenvalue weighted by molar-refractivity contribution is 6.04. The predicted octanol–water partition coefficient (Wildman–Crippen LogP) is 7.12. The molecule has 0 spiro atoms. The summed E-state index contributed by atoms with van der Waals surface area (Å²) < 4.78 is 32.6. The number of carbonyl (C=O) groups excluding carboxylic acids is 2. The van der Waals surface area contributed by atoms with Crippen molar-refractivity contribution in [1.29, 1.82) is 0 Å². The largest absolute Gasteiger partial charge is 0.457 e. The second-order valence-corrected chi connectivity index (χ2v) is 8.69. The number of hydrogen-bond acceptors (Lipinski definition) is 3. The Labute approximate surface area is 207 Å². The SMILES string of the molecule is O=C(CC[C@H]1C(=O)N(c2ccc(F)cc2)[C@@H]1c1ccc(Oc2ccccc2)cc1)c1ccc(F)cc1. The smallest absolute Gasteiger partial charge is 0.233 e. The van der Waals surface area contributed by atoms with Crippen LogP contribution in [0.15, 0.2) is 103 Å². The fraction of sp³-hybridized carbons (Fsp3) is 0.133. The molecule has 4 aromatic rings. The van der Waals surface area contributed by atoms with E-state index in [2.05, 4.69) is 0 Å². The third-order valence-corrected chi connectivity index (χ3v) is 6.37. The molecule has 4 aromatic carbocycles. The maximum Gasteiger partial charge on any atom is 0.233 e. The Hall–Kier alpha value is -4.32. The van der Waals surface area contributed by atoms with E-state index in [1.165, 1.54) is 36.4 Å². The number of Topliss-reactive ketones (excluding diaryl/α,β-unsaturated/α-hetero) is 1. The van der Waals surface area contributed by atoms with Crippen LogP contribution in [0.5, 0.6) is 11.5 Å². The van der Waals surface area contributed by atoms with E-state index in [0.717, 1.165) is 5.56 Å². The van der Waals surface area contributed by atoms with E-state index in [-0.39, 0.29) is 30.0 Å². The molecule has 0 aromatic heterocycles. The number of ether oxygens (including phenoxy) is 1. The van der Waals surface area contributed by atoms with Gasteiger partial charge in [0.2, 0.25) is 5.91 Å². The van der Waals surface area contributed by atoms with Crippen LogP contribution in [0.2, 0.25) is 0 Å². The summed E-state index contributed by atoms with van der Waals surface area (Å²) in [6.45, 7) is 0. The first kappa shape index (κ1) is 23.4. The van der Waals surface area contributed by atoms with Gasteiger partial charge in [0.1, 0.15) is 23.1 Å². The fourth-order valence-electron chi connectivity index (χ4n) is 4.53. The van der Waals surface area contributed by atoms with Gasteiger partial charge in [0.15, 0.2) is 5.78 Å². The Kier molecular flexibility index (Phi) is 6.58. The molecule has 5 rings (SSSR count). The van der Waals surface area contributed by atoms with Crippen molar-refractivity contribution < 1.29 is 23.1 Å². The van der Waals surface area contributed by atoms with Crippen LogP contribution in [0, 0.1) is 17.6 Å². The molecule has 0 aliphatic carbocycles. The van der Waals surface area contributed by atoms with E-state index in [4.69, 9.17) is 4.74 Å². The van der Waals surface area contributed by atoms with E-state index in [9.17, 15) is 18.4 Å². The van der Waals surface area contributed by atoms with Gasteiger partial charge in [-0.3, -0.25) is 9.59 Å². The van der Waals surface area contributed by atoms with Crippen molar-refractivity contribution in [2.75, 3.05) is 4.90 Å². The quantitative estimate of drug-likeness (QED) is 0.198. The summed E-state index contributed by atoms with van der Waals surface area (Å²) in [5, 5.41) is 0. The zero-order valence-corrected chi connectivity index (χ0v) is 19.3. The normalized spacial score (nSPS) is 16.9. The Bertz CT molecular complexity index is 1350. The van der Waals surface area contributed by atoms with Crippen LogP contribution in [-0.4, -0.2) is 11.7 Å². The monoisotopic (exact) mass is 483 g/mol. The van der Waals surface area contributed by atoms with Gasteiger partial charge in [-0.1, -0.05) is 30.3 Å². The number of para-hydroxylation sites is 1. The van der Waals surface area contributed by atoms with Crippen LogP contribution >= 0.6 is 0 Å². The summed E-state index contributed by atoms with van der Waals surface area (Å²) >= 11 is 0. The third-order valence-electron chi connectivity index (χ3n) is 6.37. The molecule has 1 saturated heterocycles. The molecule has 0 radical (unpaired) electrons. The summed E-state index contributed by atoms with van der Waals surface area (Å²) in [6, 6.07) is 27.8. The molecule has 0 unspecified atom stereocenters. The molecule has 0 bridgehead atoms. The average Bonchev–Trinajstić information content (AvgIpc) is 2.90. The van der Waals surface area contributed by atoms with Crippen molar-refractivity contribution in [3.63, 3.8) is 0 Å². The average molecular weight is 484 g/mol. The lowest BCUT2D eigenvalue weighted by molar-refractivity contribution is -0.130. The highest BCUT2D eigenvalue weighted by atomic mass is 19.1. The van der Waals surface area contributed by atoms with Gasteiger partial charge >= 0.3 is 0 Å². The van der Waals surface area contributed by atoms with Crippen molar-refractivity contribution in [2.24, 2.45) is 5.92 Å². The number of benzene rings is 4. The fourth-order valence-corrected chi connectivity index (χ4v) is 4.53. The maximum absolute atomic E-state index is 13.5. The first-order chi connectivity index (χ1) is 17.5. The molecule has 36 heavy (non-hydrogen) atoms. The first-order valence-electron chi connectivity index (χ1n) is 11.7. The Morgan fingerprint density at radius 2 is 1.33 bits per heavy atom. The molecule has 1 heterocycles. The lowest BCUT2D eigenvalue weighted by Gasteiger charge is -2.47. The van der Waals surface area contributed by atoms with Gasteiger partial charge in [-0.15, -0.1) is 0 Å². The van der Waals surface area contributed by atoms with Crippen LogP contribution in [0.25, 0.3) is 0 Å². The minimum Gasteiger partial charge on any atom is -0.457 e. The molecule has 180 valence electrons. The van der Waals surface area contributed by atoms with Crippen molar-refractivity contribution in [1.82, 2.24) is 0 Å². The van der Waals surface area contributed by atoms with Crippen molar-refractivity contribution >= 4 is 17.4 Å². The van der Waals surface area contributed by atoms with Gasteiger partial charge in [-0.2, -0.15) is 0 Å². The van der Waals surface area contributed by atoms with Gasteiger partial charge < -0.3 is 9.64 Å². The maximum atomic E-state index is 13.5. The van der Waals surface area contributed by atoms with E-state index in [0.29, 0.717) is 29.2 Å². The van der Waals surface area contributed by atoms with Gasteiger partial charge in [0, 0.05) is 17.7 Å². The highest BCUT2D eigenvalue weighted by Crippen LogP contribution is 2.46. The second kappa shape index (κ2) is 10.1. The highest BCUT2D eigenvalue weighted by Gasteiger charge is 2.48. The van der Waals surface area contributed by atoms with Gasteiger partial charge in [-0.05, 0) is 84.8 Å². The lowest BCUT2D eigenvalue weighted by Crippen LogP contribution is -2.55. The van der Waals surface area contributed by atoms with E-state index in [1.54, 1.807) is 17.0 Å². The standard InChI is InChI=1S/C30H23F2NO3/c31-22-10-6-20(7-11-22)28(34)19-18-27-29(33(30(27)35)24-14-12-23(32)13-15-24)21-8-16-26(17-9-21)36-25-4-2-1-3-5-25/h1-17,27,29H,18-19H2/t27-,29-/m1/s1. The number of rotatable bonds is 8. The molecule has 1 amide bonds. The van der Waals surface area contributed by atoms with Crippen LogP contribution < -0.4 is 9.64 Å². The zero-order chi connectivity index (χ0) is 25.1. The van der Waals surface area contributed by atoms with E-state index >= 15 is 0 Å². The summed E-state index contributed by atoms with van der Waals surface area (Å²) in [7, 11) is 0. The Balaban J connectivity index is 1.36. The molecule has 0 N–H and O–H groups in total. The van der Waals surface area contributed by atoms with Gasteiger partial charge in [0.25, 0.3) is 0 Å². The van der Waals surface area contributed by atoms with E-state index < -0.39 is 11.7 Å². The minimum atomic E-state index is -0.416. The molecule has 6 heteroatoms. The van der Waals surface area contributed by atoms with Crippen LogP contribution in [0.1, 0.15) is 34.8 Å². The van der Waals surface area contributed by atoms with Crippen molar-refractivity contribution in [3.05, 3.63) is 126 Å². The van der Waals surface area contributed by atoms with Gasteiger partial charge in [0.05, 0.1) is 12.0 Å². The Morgan fingerprint density at radius 1 is 0.750 bits per heavy atom. The van der Waals surface area contributed by atoms with Gasteiger partial charge in [-0.25, -0.2) is 8.78 Å². The number of β-lactam (4-membered cyclic amide) rings is 1. The molecule has 0 saturated carbocycles. The number of carbonyl (C=O) groups is 2. The minimum absolute atomic E-state index is 0.122.